The first-order valence-electron chi connectivity index (χ1n) is 12.8. The third-order valence-electron chi connectivity index (χ3n) is 7.26. The van der Waals surface area contributed by atoms with Crippen LogP contribution in [0.4, 0.5) is 11.5 Å². The molecule has 1 aromatic heterocycles. The molecule has 0 unspecified atom stereocenters. The van der Waals surface area contributed by atoms with Crippen LogP contribution in [-0.2, 0) is 24.1 Å². The molecule has 0 atom stereocenters. The summed E-state index contributed by atoms with van der Waals surface area (Å²) in [4.78, 5) is 21.5. The van der Waals surface area contributed by atoms with Gasteiger partial charge in [-0.05, 0) is 86.7 Å². The van der Waals surface area contributed by atoms with Gasteiger partial charge in [-0.25, -0.2) is 0 Å². The summed E-state index contributed by atoms with van der Waals surface area (Å²) in [5, 5.41) is 2.90. The number of nitrogens with zero attached hydrogens (tertiary/aromatic N) is 3. The second-order valence-corrected chi connectivity index (χ2v) is 9.57. The van der Waals surface area contributed by atoms with E-state index in [0.717, 1.165) is 64.0 Å². The van der Waals surface area contributed by atoms with Crippen molar-refractivity contribution in [3.63, 3.8) is 0 Å². The largest absolute Gasteiger partial charge is 0.478 e. The summed E-state index contributed by atoms with van der Waals surface area (Å²) in [7, 11) is 0. The van der Waals surface area contributed by atoms with Crippen molar-refractivity contribution >= 4 is 17.4 Å². The van der Waals surface area contributed by atoms with Crippen LogP contribution in [-0.4, -0.2) is 55.1 Å². The predicted octanol–water partition coefficient (Wildman–Crippen LogP) is 4.22. The first-order valence-corrected chi connectivity index (χ1v) is 12.8. The molecular weight excluding hydrogens is 412 g/mol. The van der Waals surface area contributed by atoms with Crippen molar-refractivity contribution in [3.05, 3.63) is 47.0 Å². The van der Waals surface area contributed by atoms with E-state index in [2.05, 4.69) is 38.3 Å². The SMILES string of the molecule is O=C1CCCc2ccc(OCCCCN3CCN(c4cccc5c4CCCC5)CC3)nc2N1. The maximum absolute atomic E-state index is 11.8. The number of ether oxygens (including phenoxy) is 1. The number of fused-ring (bicyclic) bond motifs is 2. The van der Waals surface area contributed by atoms with Gasteiger partial charge in [0.15, 0.2) is 0 Å². The summed E-state index contributed by atoms with van der Waals surface area (Å²) in [6, 6.07) is 10.9. The van der Waals surface area contributed by atoms with E-state index < -0.39 is 0 Å². The topological polar surface area (TPSA) is 57.7 Å². The molecule has 2 aromatic rings. The van der Waals surface area contributed by atoms with Crippen molar-refractivity contribution in [1.82, 2.24) is 9.88 Å². The van der Waals surface area contributed by atoms with E-state index >= 15 is 0 Å². The standard InChI is InChI=1S/C27H36N4O2/c32-25-12-6-9-22-13-14-26(29-27(22)28-25)33-20-4-3-15-30-16-18-31(19-17-30)24-11-5-8-21-7-1-2-10-23(21)24/h5,8,11,13-14H,1-4,6-7,9-10,12,15-20H2,(H,28,29,32). The number of hydrogen-bond donors (Lipinski definition) is 1. The summed E-state index contributed by atoms with van der Waals surface area (Å²) in [6.45, 7) is 6.30. The number of unbranched alkanes of at least 4 members (excludes halogenated alkanes) is 1. The highest BCUT2D eigenvalue weighted by atomic mass is 16.5. The third kappa shape index (κ3) is 5.49. The molecular formula is C27H36N4O2. The lowest BCUT2D eigenvalue weighted by atomic mass is 9.90. The smallest absolute Gasteiger partial charge is 0.225 e. The molecule has 1 fully saturated rings. The van der Waals surface area contributed by atoms with Crippen molar-refractivity contribution in [2.75, 3.05) is 49.5 Å². The Labute approximate surface area is 197 Å². The van der Waals surface area contributed by atoms with Crippen LogP contribution in [0.25, 0.3) is 0 Å². The van der Waals surface area contributed by atoms with Gasteiger partial charge in [0.25, 0.3) is 0 Å². The summed E-state index contributed by atoms with van der Waals surface area (Å²) in [6.07, 6.45) is 9.64. The fourth-order valence-corrected chi connectivity index (χ4v) is 5.38. The van der Waals surface area contributed by atoms with Crippen molar-refractivity contribution in [2.45, 2.75) is 57.8 Å². The monoisotopic (exact) mass is 448 g/mol. The second-order valence-electron chi connectivity index (χ2n) is 9.57. The van der Waals surface area contributed by atoms with Crippen molar-refractivity contribution in [3.8, 4) is 5.88 Å². The summed E-state index contributed by atoms with van der Waals surface area (Å²) >= 11 is 0. The van der Waals surface area contributed by atoms with Gasteiger partial charge in [-0.15, -0.1) is 0 Å². The van der Waals surface area contributed by atoms with E-state index in [4.69, 9.17) is 4.74 Å². The molecule has 6 nitrogen and oxygen atoms in total. The Bertz CT molecular complexity index is 969. The van der Waals surface area contributed by atoms with E-state index in [-0.39, 0.29) is 5.91 Å². The molecule has 0 spiro atoms. The zero-order valence-electron chi connectivity index (χ0n) is 19.7. The molecule has 0 radical (unpaired) electrons. The van der Waals surface area contributed by atoms with Gasteiger partial charge in [0, 0.05) is 44.4 Å². The molecule has 0 bridgehead atoms. The number of rotatable bonds is 7. The summed E-state index contributed by atoms with van der Waals surface area (Å²) < 4.78 is 5.88. The summed E-state index contributed by atoms with van der Waals surface area (Å²) in [5.74, 6) is 1.33. The number of anilines is 2. The number of amides is 1. The molecule has 1 saturated heterocycles. The molecule has 1 N–H and O–H groups in total. The quantitative estimate of drug-likeness (QED) is 0.643. The number of nitrogens with one attached hydrogen (secondary N) is 1. The fourth-order valence-electron chi connectivity index (χ4n) is 5.38. The highest BCUT2D eigenvalue weighted by Crippen LogP contribution is 2.31. The number of piperazine rings is 1. The van der Waals surface area contributed by atoms with Gasteiger partial charge < -0.3 is 15.0 Å². The Morgan fingerprint density at radius 2 is 1.73 bits per heavy atom. The van der Waals surface area contributed by atoms with Gasteiger partial charge in [-0.3, -0.25) is 9.69 Å². The van der Waals surface area contributed by atoms with Crippen LogP contribution in [0.15, 0.2) is 30.3 Å². The highest BCUT2D eigenvalue weighted by Gasteiger charge is 2.21. The zero-order chi connectivity index (χ0) is 22.5. The molecule has 6 heteroatoms. The van der Waals surface area contributed by atoms with Gasteiger partial charge >= 0.3 is 0 Å². The Kier molecular flexibility index (Phi) is 7.10. The molecule has 5 rings (SSSR count). The van der Waals surface area contributed by atoms with Crippen LogP contribution < -0.4 is 15.0 Å². The van der Waals surface area contributed by atoms with E-state index in [1.807, 2.05) is 12.1 Å². The van der Waals surface area contributed by atoms with Crippen LogP contribution in [0.1, 0.15) is 55.2 Å². The lowest BCUT2D eigenvalue weighted by Gasteiger charge is -2.38. The molecule has 1 aliphatic carbocycles. The van der Waals surface area contributed by atoms with Crippen LogP contribution in [0, 0.1) is 0 Å². The maximum atomic E-state index is 11.8. The minimum absolute atomic E-state index is 0.0469. The average Bonchev–Trinajstić information content (AvgIpc) is 3.04. The first kappa shape index (κ1) is 22.2. The van der Waals surface area contributed by atoms with E-state index in [0.29, 0.717) is 24.7 Å². The van der Waals surface area contributed by atoms with E-state index in [9.17, 15) is 4.79 Å². The number of carbonyl (C=O) groups excluding carboxylic acids is 1. The Morgan fingerprint density at radius 3 is 2.64 bits per heavy atom. The van der Waals surface area contributed by atoms with Gasteiger partial charge in [0.05, 0.1) is 6.61 Å². The van der Waals surface area contributed by atoms with E-state index in [1.165, 1.54) is 31.4 Å². The molecule has 176 valence electrons. The first-order chi connectivity index (χ1) is 16.3. The molecule has 3 heterocycles. The van der Waals surface area contributed by atoms with Crippen molar-refractivity contribution < 1.29 is 9.53 Å². The second kappa shape index (κ2) is 10.6. The minimum Gasteiger partial charge on any atom is -0.478 e. The van der Waals surface area contributed by atoms with Gasteiger partial charge in [-0.1, -0.05) is 12.1 Å². The molecule has 2 aliphatic heterocycles. The highest BCUT2D eigenvalue weighted by molar-refractivity contribution is 5.91. The average molecular weight is 449 g/mol. The molecule has 33 heavy (non-hydrogen) atoms. The summed E-state index contributed by atoms with van der Waals surface area (Å²) in [5.41, 5.74) is 5.78. The van der Waals surface area contributed by atoms with Crippen LogP contribution >= 0.6 is 0 Å². The Hall–Kier alpha value is -2.60. The van der Waals surface area contributed by atoms with Crippen LogP contribution in [0.3, 0.4) is 0 Å². The lowest BCUT2D eigenvalue weighted by molar-refractivity contribution is -0.116. The Morgan fingerprint density at radius 1 is 0.879 bits per heavy atom. The zero-order valence-corrected chi connectivity index (χ0v) is 19.7. The van der Waals surface area contributed by atoms with Gasteiger partial charge in [-0.2, -0.15) is 4.98 Å². The Balaban J connectivity index is 1.03. The number of carbonyl (C=O) groups is 1. The van der Waals surface area contributed by atoms with Crippen molar-refractivity contribution in [1.29, 1.82) is 0 Å². The molecule has 3 aliphatic rings. The minimum atomic E-state index is 0.0469. The number of pyridine rings is 1. The van der Waals surface area contributed by atoms with Crippen LogP contribution in [0.2, 0.25) is 0 Å². The number of aromatic nitrogens is 1. The van der Waals surface area contributed by atoms with E-state index in [1.54, 1.807) is 11.1 Å². The molecule has 1 amide bonds. The number of hydrogen-bond acceptors (Lipinski definition) is 5. The predicted molar refractivity (Wildman–Crippen MR) is 132 cm³/mol. The third-order valence-corrected chi connectivity index (χ3v) is 7.26. The number of benzene rings is 1. The molecule has 0 saturated carbocycles. The normalized spacial score (nSPS) is 18.8. The lowest BCUT2D eigenvalue weighted by Crippen LogP contribution is -2.47. The number of aryl methyl sites for hydroxylation is 2. The maximum Gasteiger partial charge on any atom is 0.225 e. The van der Waals surface area contributed by atoms with Gasteiger partial charge in [0.1, 0.15) is 5.82 Å². The molecule has 1 aromatic carbocycles. The van der Waals surface area contributed by atoms with Crippen LogP contribution in [0.5, 0.6) is 5.88 Å². The van der Waals surface area contributed by atoms with Crippen molar-refractivity contribution in [2.24, 2.45) is 0 Å². The fraction of sp³-hybridized carbons (Fsp3) is 0.556. The van der Waals surface area contributed by atoms with Gasteiger partial charge in [0.2, 0.25) is 11.8 Å².